The number of sulfone groups is 1. The van der Waals surface area contributed by atoms with E-state index in [-0.39, 0.29) is 24.4 Å². The van der Waals surface area contributed by atoms with E-state index >= 15 is 0 Å². The van der Waals surface area contributed by atoms with E-state index in [0.29, 0.717) is 12.3 Å². The lowest BCUT2D eigenvalue weighted by Crippen LogP contribution is -2.51. The van der Waals surface area contributed by atoms with Crippen molar-refractivity contribution < 1.29 is 22.7 Å². The first-order valence-electron chi connectivity index (χ1n) is 11.1. The van der Waals surface area contributed by atoms with Gasteiger partial charge in [-0.05, 0) is 38.5 Å². The molecule has 1 atom stereocenters. The number of Topliss-reactive ketones (excluding diaryl/α,β-unsaturated/α-hetero) is 1. The lowest BCUT2D eigenvalue weighted by Gasteiger charge is -2.37. The van der Waals surface area contributed by atoms with Crippen LogP contribution in [0.1, 0.15) is 28.2 Å². The molecule has 8 nitrogen and oxygen atoms in total. The molecule has 0 amide bonds. The summed E-state index contributed by atoms with van der Waals surface area (Å²) in [5.74, 6) is 2.15. The van der Waals surface area contributed by atoms with E-state index < -0.39 is 9.84 Å². The number of aryl methyl sites for hydroxylation is 1. The van der Waals surface area contributed by atoms with Crippen LogP contribution in [0, 0.1) is 13.8 Å². The summed E-state index contributed by atoms with van der Waals surface area (Å²) in [7, 11) is -2.87. The third kappa shape index (κ3) is 4.04. The van der Waals surface area contributed by atoms with Gasteiger partial charge in [0.05, 0.1) is 18.1 Å². The molecule has 0 bridgehead atoms. The summed E-state index contributed by atoms with van der Waals surface area (Å²) in [5.41, 5.74) is 3.60. The Kier molecular flexibility index (Phi) is 5.51. The predicted octanol–water partition coefficient (Wildman–Crippen LogP) is 1.81. The van der Waals surface area contributed by atoms with Gasteiger partial charge in [0.15, 0.2) is 27.1 Å². The fourth-order valence-corrected chi connectivity index (χ4v) is 6.87. The molecule has 0 spiro atoms. The van der Waals surface area contributed by atoms with Crippen molar-refractivity contribution in [1.82, 2.24) is 14.4 Å². The molecule has 2 aromatic rings. The maximum atomic E-state index is 13.1. The summed E-state index contributed by atoms with van der Waals surface area (Å²) in [6, 6.07) is 7.91. The molecule has 0 saturated carbocycles. The highest BCUT2D eigenvalue weighted by atomic mass is 32.2. The van der Waals surface area contributed by atoms with E-state index in [1.807, 2.05) is 38.1 Å². The van der Waals surface area contributed by atoms with Gasteiger partial charge in [0.2, 0.25) is 6.79 Å². The number of hydrogen-bond acceptors (Lipinski definition) is 7. The Labute approximate surface area is 188 Å². The van der Waals surface area contributed by atoms with Gasteiger partial charge in [-0.2, -0.15) is 0 Å². The summed E-state index contributed by atoms with van der Waals surface area (Å²) in [6.07, 6.45) is 0.729. The summed E-state index contributed by atoms with van der Waals surface area (Å²) in [5, 5.41) is 0. The Balaban J connectivity index is 1.24. The quantitative estimate of drug-likeness (QED) is 0.631. The summed E-state index contributed by atoms with van der Waals surface area (Å²) < 4.78 is 36.5. The van der Waals surface area contributed by atoms with Crippen molar-refractivity contribution in [3.8, 4) is 17.2 Å². The zero-order valence-corrected chi connectivity index (χ0v) is 19.4. The van der Waals surface area contributed by atoms with Crippen molar-refractivity contribution in [2.24, 2.45) is 0 Å². The normalized spacial score (nSPS) is 23.0. The van der Waals surface area contributed by atoms with E-state index in [4.69, 9.17) is 9.47 Å². The fraction of sp³-hybridized carbons (Fsp3) is 0.522. The largest absolute Gasteiger partial charge is 0.454 e. The third-order valence-electron chi connectivity index (χ3n) is 6.84. The molecule has 3 aliphatic heterocycles. The number of piperazine rings is 1. The molecular weight excluding hydrogens is 430 g/mol. The fourth-order valence-electron chi connectivity index (χ4n) is 5.10. The Morgan fingerprint density at radius 3 is 2.53 bits per heavy atom. The van der Waals surface area contributed by atoms with Gasteiger partial charge in [-0.15, -0.1) is 0 Å². The van der Waals surface area contributed by atoms with Crippen molar-refractivity contribution in [1.29, 1.82) is 0 Å². The lowest BCUT2D eigenvalue weighted by atomic mass is 10.1. The average Bonchev–Trinajstić information content (AvgIpc) is 3.45. The van der Waals surface area contributed by atoms with Gasteiger partial charge in [0.1, 0.15) is 0 Å². The number of rotatable bonds is 5. The molecule has 0 radical (unpaired) electrons. The number of fused-ring (bicyclic) bond motifs is 1. The van der Waals surface area contributed by atoms with Crippen LogP contribution in [-0.4, -0.2) is 85.6 Å². The summed E-state index contributed by atoms with van der Waals surface area (Å²) in [4.78, 5) is 17.6. The molecule has 1 aromatic heterocycles. The molecular formula is C23H29N3O5S. The molecule has 2 fully saturated rings. The van der Waals surface area contributed by atoms with E-state index in [2.05, 4.69) is 14.4 Å². The van der Waals surface area contributed by atoms with Gasteiger partial charge < -0.3 is 14.0 Å². The second-order valence-electron chi connectivity index (χ2n) is 8.95. The standard InChI is InChI=1S/C23H29N3O5S/c1-16-11-20(17(2)26(16)18-3-4-22-23(12-18)31-15-30-22)21(27)13-24-6-8-25(9-7-24)19-5-10-32(28,29)14-19/h3-4,11-12,19H,5-10,13-15H2,1-2H3/t19-/m1/s1. The molecule has 172 valence electrons. The van der Waals surface area contributed by atoms with Crippen LogP contribution in [-0.2, 0) is 9.84 Å². The van der Waals surface area contributed by atoms with E-state index in [1.165, 1.54) is 0 Å². The van der Waals surface area contributed by atoms with Crippen molar-refractivity contribution in [3.05, 3.63) is 41.2 Å². The number of carbonyl (C=O) groups excluding carboxylic acids is 1. The number of carbonyl (C=O) groups is 1. The molecule has 0 aliphatic carbocycles. The summed E-state index contributed by atoms with van der Waals surface area (Å²) in [6.45, 7) is 7.77. The van der Waals surface area contributed by atoms with Gasteiger partial charge in [-0.25, -0.2) is 8.42 Å². The molecule has 3 aliphatic rings. The predicted molar refractivity (Wildman–Crippen MR) is 121 cm³/mol. The number of nitrogens with zero attached hydrogens (tertiary/aromatic N) is 3. The smallest absolute Gasteiger partial charge is 0.231 e. The summed E-state index contributed by atoms with van der Waals surface area (Å²) >= 11 is 0. The molecule has 2 saturated heterocycles. The number of ether oxygens (including phenoxy) is 2. The molecule has 1 aromatic carbocycles. The highest BCUT2D eigenvalue weighted by molar-refractivity contribution is 7.91. The second kappa shape index (κ2) is 8.20. The number of ketones is 1. The van der Waals surface area contributed by atoms with Crippen LogP contribution in [0.5, 0.6) is 11.5 Å². The highest BCUT2D eigenvalue weighted by Gasteiger charge is 2.34. The van der Waals surface area contributed by atoms with Gasteiger partial charge >= 0.3 is 0 Å². The monoisotopic (exact) mass is 459 g/mol. The van der Waals surface area contributed by atoms with Crippen LogP contribution >= 0.6 is 0 Å². The number of hydrogen-bond donors (Lipinski definition) is 0. The van der Waals surface area contributed by atoms with Crippen LogP contribution in [0.2, 0.25) is 0 Å². The van der Waals surface area contributed by atoms with Crippen LogP contribution in [0.15, 0.2) is 24.3 Å². The minimum absolute atomic E-state index is 0.113. The second-order valence-corrected chi connectivity index (χ2v) is 11.2. The first-order valence-corrected chi connectivity index (χ1v) is 12.9. The zero-order valence-electron chi connectivity index (χ0n) is 18.5. The van der Waals surface area contributed by atoms with Crippen LogP contribution < -0.4 is 9.47 Å². The maximum absolute atomic E-state index is 13.1. The van der Waals surface area contributed by atoms with Crippen molar-refractivity contribution in [2.45, 2.75) is 26.3 Å². The average molecular weight is 460 g/mol. The van der Waals surface area contributed by atoms with Crippen molar-refractivity contribution in [3.63, 3.8) is 0 Å². The molecule has 32 heavy (non-hydrogen) atoms. The minimum atomic E-state index is -2.87. The Hall–Kier alpha value is -2.36. The Bertz CT molecular complexity index is 1150. The van der Waals surface area contributed by atoms with Gasteiger partial charge in [-0.1, -0.05) is 0 Å². The van der Waals surface area contributed by atoms with Crippen LogP contribution in [0.4, 0.5) is 0 Å². The van der Waals surface area contributed by atoms with Gasteiger partial charge in [0.25, 0.3) is 0 Å². The van der Waals surface area contributed by atoms with Gasteiger partial charge in [-0.3, -0.25) is 14.6 Å². The molecule has 9 heteroatoms. The zero-order chi connectivity index (χ0) is 22.5. The first-order chi connectivity index (χ1) is 15.3. The molecule has 0 unspecified atom stereocenters. The molecule has 4 heterocycles. The highest BCUT2D eigenvalue weighted by Crippen LogP contribution is 2.35. The Morgan fingerprint density at radius 1 is 1.06 bits per heavy atom. The minimum Gasteiger partial charge on any atom is -0.454 e. The van der Waals surface area contributed by atoms with Crippen molar-refractivity contribution in [2.75, 3.05) is 51.0 Å². The molecule has 5 rings (SSSR count). The van der Waals surface area contributed by atoms with Crippen LogP contribution in [0.25, 0.3) is 5.69 Å². The third-order valence-corrected chi connectivity index (χ3v) is 8.60. The topological polar surface area (TPSA) is 81.1 Å². The SMILES string of the molecule is Cc1cc(C(=O)CN2CCN([C@@H]3CCS(=O)(=O)C3)CC2)c(C)n1-c1ccc2c(c1)OCO2. The first kappa shape index (κ1) is 21.5. The van der Waals surface area contributed by atoms with Crippen molar-refractivity contribution >= 4 is 15.6 Å². The van der Waals surface area contributed by atoms with Crippen LogP contribution in [0.3, 0.4) is 0 Å². The van der Waals surface area contributed by atoms with E-state index in [0.717, 1.165) is 66.7 Å². The number of aromatic nitrogens is 1. The maximum Gasteiger partial charge on any atom is 0.231 e. The van der Waals surface area contributed by atoms with E-state index in [1.54, 1.807) is 0 Å². The van der Waals surface area contributed by atoms with Gasteiger partial charge in [0, 0.05) is 60.9 Å². The number of benzene rings is 1. The Morgan fingerprint density at radius 2 is 1.81 bits per heavy atom. The lowest BCUT2D eigenvalue weighted by molar-refractivity contribution is 0.0796. The molecule has 0 N–H and O–H groups in total. The van der Waals surface area contributed by atoms with E-state index in [9.17, 15) is 13.2 Å².